The molecule has 1 saturated heterocycles. The number of aromatic nitrogens is 3. The van der Waals surface area contributed by atoms with Crippen LogP contribution in [-0.4, -0.2) is 53.4 Å². The molecular weight excluding hydrogens is 290 g/mol. The van der Waals surface area contributed by atoms with Gasteiger partial charge in [-0.2, -0.15) is 5.10 Å². The fourth-order valence-corrected chi connectivity index (χ4v) is 3.56. The molecule has 0 amide bonds. The van der Waals surface area contributed by atoms with Gasteiger partial charge in [0.2, 0.25) is 10.0 Å². The second-order valence-corrected chi connectivity index (χ2v) is 7.67. The SMILES string of the molecule is CCCNCc1ncn(CC2CCCN(S(C)(=O)=O)C2)n1. The minimum atomic E-state index is -3.08. The number of sulfonamides is 1. The van der Waals surface area contributed by atoms with Crippen molar-refractivity contribution in [3.05, 3.63) is 12.2 Å². The third-order valence-electron chi connectivity index (χ3n) is 3.69. The van der Waals surface area contributed by atoms with Crippen LogP contribution in [-0.2, 0) is 23.1 Å². The van der Waals surface area contributed by atoms with Gasteiger partial charge in [0.15, 0.2) is 5.82 Å². The van der Waals surface area contributed by atoms with Gasteiger partial charge in [0.05, 0.1) is 12.8 Å². The molecule has 1 aliphatic rings. The molecule has 1 atom stereocenters. The second kappa shape index (κ2) is 7.33. The molecule has 1 unspecified atom stereocenters. The highest BCUT2D eigenvalue weighted by Crippen LogP contribution is 2.19. The lowest BCUT2D eigenvalue weighted by molar-refractivity contribution is 0.240. The molecule has 0 spiro atoms. The number of nitrogens with one attached hydrogen (secondary N) is 1. The Bertz CT molecular complexity index is 543. The van der Waals surface area contributed by atoms with Crippen LogP contribution in [0.5, 0.6) is 0 Å². The summed E-state index contributed by atoms with van der Waals surface area (Å²) in [4.78, 5) is 4.28. The van der Waals surface area contributed by atoms with E-state index in [9.17, 15) is 8.42 Å². The Morgan fingerprint density at radius 2 is 2.29 bits per heavy atom. The molecule has 0 aliphatic carbocycles. The largest absolute Gasteiger partial charge is 0.310 e. The zero-order valence-corrected chi connectivity index (χ0v) is 13.6. The Kier molecular flexibility index (Phi) is 5.72. The summed E-state index contributed by atoms with van der Waals surface area (Å²) in [5.74, 6) is 1.10. The van der Waals surface area contributed by atoms with Crippen molar-refractivity contribution in [3.63, 3.8) is 0 Å². The maximum Gasteiger partial charge on any atom is 0.211 e. The number of nitrogens with zero attached hydrogens (tertiary/aromatic N) is 4. The van der Waals surface area contributed by atoms with Crippen molar-refractivity contribution in [2.75, 3.05) is 25.9 Å². The van der Waals surface area contributed by atoms with Crippen molar-refractivity contribution >= 4 is 10.0 Å². The van der Waals surface area contributed by atoms with Crippen LogP contribution in [0.4, 0.5) is 0 Å². The second-order valence-electron chi connectivity index (χ2n) is 5.69. The lowest BCUT2D eigenvalue weighted by Gasteiger charge is -2.30. The Balaban J connectivity index is 1.86. The van der Waals surface area contributed by atoms with E-state index in [1.807, 2.05) is 4.68 Å². The van der Waals surface area contributed by atoms with E-state index in [-0.39, 0.29) is 0 Å². The summed E-state index contributed by atoms with van der Waals surface area (Å²) < 4.78 is 26.6. The normalized spacial score (nSPS) is 20.8. The minimum absolute atomic E-state index is 0.312. The Morgan fingerprint density at radius 1 is 1.48 bits per heavy atom. The molecule has 120 valence electrons. The highest BCUT2D eigenvalue weighted by molar-refractivity contribution is 7.88. The molecular formula is C13H25N5O2S. The van der Waals surface area contributed by atoms with E-state index >= 15 is 0 Å². The quantitative estimate of drug-likeness (QED) is 0.739. The van der Waals surface area contributed by atoms with Gasteiger partial charge in [0.25, 0.3) is 0 Å². The number of hydrogen-bond acceptors (Lipinski definition) is 5. The van der Waals surface area contributed by atoms with Gasteiger partial charge in [-0.25, -0.2) is 17.7 Å². The van der Waals surface area contributed by atoms with Crippen LogP contribution in [0.15, 0.2) is 6.33 Å². The standard InChI is InChI=1S/C13H25N5O2S/c1-3-6-14-8-13-15-11-17(16-13)9-12-5-4-7-18(10-12)21(2,19)20/h11-12,14H,3-10H2,1-2H3. The minimum Gasteiger partial charge on any atom is -0.310 e. The molecule has 1 aliphatic heterocycles. The van der Waals surface area contributed by atoms with E-state index in [1.54, 1.807) is 10.6 Å². The first-order valence-corrected chi connectivity index (χ1v) is 9.38. The molecule has 1 N–H and O–H groups in total. The first-order chi connectivity index (χ1) is 9.99. The molecule has 8 heteroatoms. The Hall–Kier alpha value is -0.990. The molecule has 2 rings (SSSR count). The van der Waals surface area contributed by atoms with Gasteiger partial charge in [0.1, 0.15) is 6.33 Å². The first kappa shape index (κ1) is 16.4. The maximum absolute atomic E-state index is 11.6. The zero-order chi connectivity index (χ0) is 15.3. The van der Waals surface area contributed by atoms with E-state index in [0.717, 1.165) is 38.2 Å². The summed E-state index contributed by atoms with van der Waals surface area (Å²) in [6.07, 6.45) is 6.06. The molecule has 21 heavy (non-hydrogen) atoms. The van der Waals surface area contributed by atoms with Crippen molar-refractivity contribution in [2.45, 2.75) is 39.3 Å². The van der Waals surface area contributed by atoms with Crippen LogP contribution in [0, 0.1) is 5.92 Å². The van der Waals surface area contributed by atoms with Gasteiger partial charge in [-0.15, -0.1) is 0 Å². The van der Waals surface area contributed by atoms with E-state index in [0.29, 0.717) is 25.6 Å². The predicted octanol–water partition coefficient (Wildman–Crippen LogP) is 0.449. The maximum atomic E-state index is 11.6. The number of piperidine rings is 1. The molecule has 0 bridgehead atoms. The molecule has 7 nitrogen and oxygen atoms in total. The topological polar surface area (TPSA) is 80.1 Å². The van der Waals surface area contributed by atoms with Crippen molar-refractivity contribution in [3.8, 4) is 0 Å². The van der Waals surface area contributed by atoms with E-state index in [4.69, 9.17) is 0 Å². The summed E-state index contributed by atoms with van der Waals surface area (Å²) in [6, 6.07) is 0. The molecule has 1 aromatic heterocycles. The molecule has 0 saturated carbocycles. The molecule has 0 aromatic carbocycles. The van der Waals surface area contributed by atoms with Crippen LogP contribution in [0.2, 0.25) is 0 Å². The molecule has 1 aromatic rings. The van der Waals surface area contributed by atoms with Gasteiger partial charge < -0.3 is 5.32 Å². The van der Waals surface area contributed by atoms with Crippen LogP contribution in [0.3, 0.4) is 0 Å². The van der Waals surface area contributed by atoms with Crippen molar-refractivity contribution in [1.82, 2.24) is 24.4 Å². The van der Waals surface area contributed by atoms with Gasteiger partial charge in [-0.05, 0) is 31.7 Å². The van der Waals surface area contributed by atoms with Gasteiger partial charge in [-0.3, -0.25) is 4.68 Å². The van der Waals surface area contributed by atoms with Gasteiger partial charge in [-0.1, -0.05) is 6.92 Å². The molecule has 0 radical (unpaired) electrons. The van der Waals surface area contributed by atoms with Gasteiger partial charge >= 0.3 is 0 Å². The smallest absolute Gasteiger partial charge is 0.211 e. The fourth-order valence-electron chi connectivity index (χ4n) is 2.62. The summed E-state index contributed by atoms with van der Waals surface area (Å²) in [5.41, 5.74) is 0. The average molecular weight is 315 g/mol. The monoisotopic (exact) mass is 315 g/mol. The highest BCUT2D eigenvalue weighted by atomic mass is 32.2. The zero-order valence-electron chi connectivity index (χ0n) is 12.8. The van der Waals surface area contributed by atoms with Crippen molar-refractivity contribution in [2.24, 2.45) is 5.92 Å². The number of hydrogen-bond donors (Lipinski definition) is 1. The highest BCUT2D eigenvalue weighted by Gasteiger charge is 2.26. The summed E-state index contributed by atoms with van der Waals surface area (Å²) in [5, 5.41) is 7.71. The Morgan fingerprint density at radius 3 is 3.00 bits per heavy atom. The van der Waals surface area contributed by atoms with E-state index in [1.165, 1.54) is 6.26 Å². The third kappa shape index (κ3) is 5.05. The van der Waals surface area contributed by atoms with Crippen molar-refractivity contribution in [1.29, 1.82) is 0 Å². The summed E-state index contributed by atoms with van der Waals surface area (Å²) >= 11 is 0. The fraction of sp³-hybridized carbons (Fsp3) is 0.846. The van der Waals surface area contributed by atoms with Crippen LogP contribution < -0.4 is 5.32 Å². The first-order valence-electron chi connectivity index (χ1n) is 7.53. The lowest BCUT2D eigenvalue weighted by Crippen LogP contribution is -2.40. The van der Waals surface area contributed by atoms with Gasteiger partial charge in [0, 0.05) is 19.6 Å². The van der Waals surface area contributed by atoms with Crippen molar-refractivity contribution < 1.29 is 8.42 Å². The Labute approximate surface area is 126 Å². The molecule has 2 heterocycles. The lowest BCUT2D eigenvalue weighted by atomic mass is 10.00. The average Bonchev–Trinajstić information content (AvgIpc) is 2.86. The number of rotatable bonds is 7. The van der Waals surface area contributed by atoms with E-state index < -0.39 is 10.0 Å². The van der Waals surface area contributed by atoms with Crippen LogP contribution >= 0.6 is 0 Å². The summed E-state index contributed by atoms with van der Waals surface area (Å²) in [6.45, 7) is 5.71. The summed E-state index contributed by atoms with van der Waals surface area (Å²) in [7, 11) is -3.08. The predicted molar refractivity (Wildman–Crippen MR) is 81.2 cm³/mol. The van der Waals surface area contributed by atoms with Crippen LogP contribution in [0.1, 0.15) is 32.0 Å². The third-order valence-corrected chi connectivity index (χ3v) is 4.96. The molecule has 1 fully saturated rings. The van der Waals surface area contributed by atoms with Crippen LogP contribution in [0.25, 0.3) is 0 Å². The van der Waals surface area contributed by atoms with E-state index in [2.05, 4.69) is 22.3 Å².